The van der Waals surface area contributed by atoms with Crippen molar-refractivity contribution in [3.63, 3.8) is 0 Å². The van der Waals surface area contributed by atoms with Crippen LogP contribution in [0.2, 0.25) is 0 Å². The van der Waals surface area contributed by atoms with E-state index in [-0.39, 0.29) is 23.2 Å². The van der Waals surface area contributed by atoms with Gasteiger partial charge in [0.05, 0.1) is 10.2 Å². The molecule has 8 nitrogen and oxygen atoms in total. The fourth-order valence-electron chi connectivity index (χ4n) is 6.02. The zero-order chi connectivity index (χ0) is 35.9. The summed E-state index contributed by atoms with van der Waals surface area (Å²) >= 11 is 5.27. The van der Waals surface area contributed by atoms with Crippen molar-refractivity contribution in [2.24, 2.45) is 0 Å². The Morgan fingerprint density at radius 3 is 1.82 bits per heavy atom. The molecule has 2 aliphatic rings. The summed E-state index contributed by atoms with van der Waals surface area (Å²) in [6.45, 7) is 3.70. The Balaban J connectivity index is 0.000000194. The van der Waals surface area contributed by atoms with E-state index in [0.29, 0.717) is 39.2 Å². The van der Waals surface area contributed by atoms with E-state index >= 15 is 0 Å². The molecule has 2 saturated heterocycles. The summed E-state index contributed by atoms with van der Waals surface area (Å²) in [5.74, 6) is -1.32. The number of benzene rings is 4. The smallest absolute Gasteiger partial charge is 0.255 e. The Morgan fingerprint density at radius 1 is 0.700 bits per heavy atom. The van der Waals surface area contributed by atoms with Crippen molar-refractivity contribution in [2.75, 3.05) is 74.8 Å². The van der Waals surface area contributed by atoms with Crippen molar-refractivity contribution in [3.05, 3.63) is 116 Å². The van der Waals surface area contributed by atoms with Crippen LogP contribution in [0.4, 0.5) is 31.5 Å². The predicted molar refractivity (Wildman–Crippen MR) is 211 cm³/mol. The lowest BCUT2D eigenvalue weighted by molar-refractivity contribution is 0.101. The molecule has 0 spiro atoms. The van der Waals surface area contributed by atoms with Gasteiger partial charge in [0, 0.05) is 70.0 Å². The molecular formula is C38H42BrF2IN6O2. The molecule has 264 valence electrons. The van der Waals surface area contributed by atoms with Gasteiger partial charge in [0.15, 0.2) is 0 Å². The van der Waals surface area contributed by atoms with Crippen LogP contribution in [0.3, 0.4) is 0 Å². The lowest BCUT2D eigenvalue weighted by Gasteiger charge is -2.22. The zero-order valence-corrected chi connectivity index (χ0v) is 32.3. The summed E-state index contributed by atoms with van der Waals surface area (Å²) in [4.78, 5) is 33.3. The largest absolute Gasteiger partial charge is 0.370 e. The SMILES string of the molecule is CN(C)C1CCN(c2ccc(NC(=O)c3ccc(Br)c(F)c3)cc2)C1.CN(C)[C@@H]1CCN(c2ccc(NC(=O)c3ccc(I)cc3)cc2F)C1. The standard InChI is InChI=1S/C19H21BrFN3O.C19H21FIN3O/c1-23(2)16-9-10-24(12-16)15-6-4-14(5-7-15)22-19(25)13-3-8-17(20)18(21)11-13;1-23(2)16-9-10-24(12-16)18-8-7-15(11-17(18)20)22-19(25)13-3-5-14(21)6-4-13/h2*3-8,11,16H,9-10,12H2,1-2H3,(H,22,25)/t;16-/m.1/s1. The first-order valence-electron chi connectivity index (χ1n) is 16.4. The number of carbonyl (C=O) groups is 2. The third kappa shape index (κ3) is 9.80. The second-order valence-electron chi connectivity index (χ2n) is 13.0. The van der Waals surface area contributed by atoms with Crippen LogP contribution >= 0.6 is 38.5 Å². The summed E-state index contributed by atoms with van der Waals surface area (Å²) in [5.41, 5.74) is 3.75. The van der Waals surface area contributed by atoms with Gasteiger partial charge >= 0.3 is 0 Å². The van der Waals surface area contributed by atoms with Crippen LogP contribution in [-0.2, 0) is 0 Å². The highest BCUT2D eigenvalue weighted by Crippen LogP contribution is 2.28. The number of hydrogen-bond acceptors (Lipinski definition) is 6. The van der Waals surface area contributed by atoms with Crippen molar-refractivity contribution in [1.82, 2.24) is 9.80 Å². The number of rotatable bonds is 8. The number of likely N-dealkylation sites (N-methyl/N-ethyl adjacent to an activating group) is 2. The molecule has 2 N–H and O–H groups in total. The first-order chi connectivity index (χ1) is 23.9. The lowest BCUT2D eigenvalue weighted by Crippen LogP contribution is -2.31. The van der Waals surface area contributed by atoms with Crippen molar-refractivity contribution in [1.29, 1.82) is 0 Å². The van der Waals surface area contributed by atoms with E-state index in [1.165, 1.54) is 18.2 Å². The van der Waals surface area contributed by atoms with E-state index in [9.17, 15) is 18.4 Å². The number of halogens is 4. The molecule has 0 saturated carbocycles. The molecule has 0 aliphatic carbocycles. The second-order valence-corrected chi connectivity index (χ2v) is 15.1. The van der Waals surface area contributed by atoms with Crippen molar-refractivity contribution in [2.45, 2.75) is 24.9 Å². The third-order valence-electron chi connectivity index (χ3n) is 9.11. The van der Waals surface area contributed by atoms with Crippen LogP contribution < -0.4 is 20.4 Å². The molecule has 2 amide bonds. The monoisotopic (exact) mass is 858 g/mol. The number of nitrogens with one attached hydrogen (secondary N) is 2. The van der Waals surface area contributed by atoms with Crippen LogP contribution in [0.15, 0.2) is 89.4 Å². The molecule has 1 unspecified atom stereocenters. The van der Waals surface area contributed by atoms with Crippen molar-refractivity contribution < 1.29 is 18.4 Å². The maximum Gasteiger partial charge on any atom is 0.255 e. The molecule has 0 bridgehead atoms. The van der Waals surface area contributed by atoms with Gasteiger partial charge in [-0.2, -0.15) is 0 Å². The highest BCUT2D eigenvalue weighted by molar-refractivity contribution is 14.1. The van der Waals surface area contributed by atoms with Crippen molar-refractivity contribution in [3.8, 4) is 0 Å². The summed E-state index contributed by atoms with van der Waals surface area (Å²) in [6, 6.07) is 25.3. The first-order valence-corrected chi connectivity index (χ1v) is 18.3. The van der Waals surface area contributed by atoms with E-state index in [4.69, 9.17) is 0 Å². The van der Waals surface area contributed by atoms with Gasteiger partial charge in [0.2, 0.25) is 0 Å². The van der Waals surface area contributed by atoms with Gasteiger partial charge in [-0.25, -0.2) is 8.78 Å². The highest BCUT2D eigenvalue weighted by atomic mass is 127. The Bertz CT molecular complexity index is 1790. The topological polar surface area (TPSA) is 71.2 Å². The van der Waals surface area contributed by atoms with Gasteiger partial charge in [0.1, 0.15) is 11.6 Å². The van der Waals surface area contributed by atoms with Gasteiger partial charge in [-0.05, 0) is 164 Å². The number of carbonyl (C=O) groups excluding carboxylic acids is 2. The molecule has 4 aromatic carbocycles. The number of hydrogen-bond donors (Lipinski definition) is 2. The van der Waals surface area contributed by atoms with E-state index in [0.717, 1.165) is 48.3 Å². The second kappa shape index (κ2) is 17.1. The van der Waals surface area contributed by atoms with Crippen LogP contribution in [0.25, 0.3) is 0 Å². The minimum absolute atomic E-state index is 0.239. The molecule has 0 radical (unpaired) electrons. The maximum absolute atomic E-state index is 14.5. The molecule has 6 rings (SSSR count). The average molecular weight is 860 g/mol. The molecule has 4 aromatic rings. The summed E-state index contributed by atoms with van der Waals surface area (Å²) < 4.78 is 29.5. The Kier molecular flexibility index (Phi) is 12.9. The van der Waals surface area contributed by atoms with Gasteiger partial charge in [0.25, 0.3) is 11.8 Å². The van der Waals surface area contributed by atoms with Crippen LogP contribution in [0.5, 0.6) is 0 Å². The van der Waals surface area contributed by atoms with Crippen molar-refractivity contribution >= 4 is 73.1 Å². The summed E-state index contributed by atoms with van der Waals surface area (Å²) in [5, 5.41) is 5.56. The maximum atomic E-state index is 14.5. The van der Waals surface area contributed by atoms with E-state index in [1.54, 1.807) is 30.3 Å². The fraction of sp³-hybridized carbons (Fsp3) is 0.316. The van der Waals surface area contributed by atoms with Crippen LogP contribution in [0, 0.1) is 15.2 Å². The van der Waals surface area contributed by atoms with Gasteiger partial charge < -0.3 is 30.2 Å². The average Bonchev–Trinajstić information content (AvgIpc) is 3.79. The highest BCUT2D eigenvalue weighted by Gasteiger charge is 2.26. The molecular weight excluding hydrogens is 817 g/mol. The lowest BCUT2D eigenvalue weighted by atomic mass is 10.2. The van der Waals surface area contributed by atoms with E-state index in [2.05, 4.69) is 82.8 Å². The minimum atomic E-state index is -0.451. The zero-order valence-electron chi connectivity index (χ0n) is 28.6. The van der Waals surface area contributed by atoms with E-state index in [1.807, 2.05) is 50.5 Å². The van der Waals surface area contributed by atoms with Gasteiger partial charge in [-0.3, -0.25) is 9.59 Å². The Hall–Kier alpha value is -3.59. The number of amides is 2. The van der Waals surface area contributed by atoms with Crippen LogP contribution in [0.1, 0.15) is 33.6 Å². The molecule has 50 heavy (non-hydrogen) atoms. The molecule has 2 fully saturated rings. The Morgan fingerprint density at radius 2 is 1.24 bits per heavy atom. The number of nitrogens with zero attached hydrogens (tertiary/aromatic N) is 4. The molecule has 2 atom stereocenters. The minimum Gasteiger partial charge on any atom is -0.370 e. The fourth-order valence-corrected chi connectivity index (χ4v) is 6.63. The Labute approximate surface area is 315 Å². The summed E-state index contributed by atoms with van der Waals surface area (Å²) in [7, 11) is 8.32. The molecule has 12 heteroatoms. The predicted octanol–water partition coefficient (Wildman–Crippen LogP) is 7.80. The first kappa shape index (κ1) is 37.7. The number of anilines is 4. The third-order valence-corrected chi connectivity index (χ3v) is 10.5. The van der Waals surface area contributed by atoms with Gasteiger partial charge in [-0.1, -0.05) is 0 Å². The molecule has 2 aliphatic heterocycles. The molecule has 0 aromatic heterocycles. The summed E-state index contributed by atoms with van der Waals surface area (Å²) in [6.07, 6.45) is 2.18. The molecule has 2 heterocycles. The van der Waals surface area contributed by atoms with Gasteiger partial charge in [-0.15, -0.1) is 0 Å². The quantitative estimate of drug-likeness (QED) is 0.177. The van der Waals surface area contributed by atoms with Crippen LogP contribution in [-0.4, -0.2) is 88.1 Å². The van der Waals surface area contributed by atoms with E-state index < -0.39 is 5.82 Å². The normalized spacial score (nSPS) is 17.2.